The molecule has 0 radical (unpaired) electrons. The van der Waals surface area contributed by atoms with Gasteiger partial charge < -0.3 is 0 Å². The predicted octanol–water partition coefficient (Wildman–Crippen LogP) is 2.90. The van der Waals surface area contributed by atoms with Crippen molar-refractivity contribution in [1.82, 2.24) is 4.72 Å². The van der Waals surface area contributed by atoms with Crippen LogP contribution in [0.5, 0.6) is 0 Å². The summed E-state index contributed by atoms with van der Waals surface area (Å²) in [6, 6.07) is 9.89. The van der Waals surface area contributed by atoms with E-state index in [0.717, 1.165) is 4.47 Å². The molecule has 130 valence electrons. The van der Waals surface area contributed by atoms with Gasteiger partial charge in [-0.15, -0.1) is 0 Å². The average molecular weight is 498 g/mol. The first-order valence-electron chi connectivity index (χ1n) is 6.61. The van der Waals surface area contributed by atoms with E-state index >= 15 is 0 Å². The summed E-state index contributed by atoms with van der Waals surface area (Å²) >= 11 is 6.48. The van der Waals surface area contributed by atoms with Gasteiger partial charge in [-0.05, 0) is 58.7 Å². The Kier molecular flexibility index (Phi) is 5.88. The number of primary sulfonamides is 1. The first-order valence-corrected chi connectivity index (χ1v) is 11.2. The molecule has 3 N–H and O–H groups in total. The molecule has 0 aliphatic rings. The molecule has 0 aliphatic carbocycles. The van der Waals surface area contributed by atoms with Crippen LogP contribution in [0.3, 0.4) is 0 Å². The topological polar surface area (TPSA) is 106 Å². The van der Waals surface area contributed by atoms with Gasteiger partial charge in [-0.1, -0.05) is 28.1 Å². The van der Waals surface area contributed by atoms with Crippen molar-refractivity contribution in [1.29, 1.82) is 0 Å². The Bertz CT molecular complexity index is 976. The number of benzene rings is 2. The Morgan fingerprint density at radius 3 is 2.29 bits per heavy atom. The van der Waals surface area contributed by atoms with Crippen LogP contribution in [0.4, 0.5) is 0 Å². The molecule has 1 unspecified atom stereocenters. The van der Waals surface area contributed by atoms with Crippen LogP contribution in [-0.2, 0) is 20.0 Å². The Hall–Kier alpha value is -0.780. The highest BCUT2D eigenvalue weighted by molar-refractivity contribution is 9.11. The molecule has 1 atom stereocenters. The first kappa shape index (κ1) is 19.5. The highest BCUT2D eigenvalue weighted by Crippen LogP contribution is 2.27. The second-order valence-corrected chi connectivity index (χ2v) is 10.0. The smallest absolute Gasteiger partial charge is 0.225 e. The summed E-state index contributed by atoms with van der Waals surface area (Å²) in [5.41, 5.74) is 0.485. The van der Waals surface area contributed by atoms with Crippen molar-refractivity contribution in [3.63, 3.8) is 0 Å². The SMILES string of the molecule is CC(NS(=O)(=O)c1ccc(Br)cc1Br)c1cccc(S(N)(=O)=O)c1. The Labute approximate surface area is 157 Å². The third-order valence-electron chi connectivity index (χ3n) is 3.20. The van der Waals surface area contributed by atoms with Crippen LogP contribution in [0.15, 0.2) is 61.2 Å². The zero-order valence-corrected chi connectivity index (χ0v) is 17.2. The van der Waals surface area contributed by atoms with E-state index < -0.39 is 26.1 Å². The van der Waals surface area contributed by atoms with Crippen molar-refractivity contribution in [3.05, 3.63) is 57.0 Å². The maximum atomic E-state index is 12.5. The molecule has 0 amide bonds. The van der Waals surface area contributed by atoms with Crippen LogP contribution in [-0.4, -0.2) is 16.8 Å². The maximum Gasteiger partial charge on any atom is 0.242 e. The van der Waals surface area contributed by atoms with Crippen LogP contribution in [0.25, 0.3) is 0 Å². The molecule has 0 spiro atoms. The third-order valence-corrected chi connectivity index (χ3v) is 7.12. The summed E-state index contributed by atoms with van der Waals surface area (Å²) in [6.07, 6.45) is 0. The van der Waals surface area contributed by atoms with Crippen molar-refractivity contribution in [3.8, 4) is 0 Å². The van der Waals surface area contributed by atoms with Gasteiger partial charge in [0.05, 0.1) is 9.79 Å². The highest BCUT2D eigenvalue weighted by Gasteiger charge is 2.22. The van der Waals surface area contributed by atoms with Crippen molar-refractivity contribution < 1.29 is 16.8 Å². The van der Waals surface area contributed by atoms with Gasteiger partial charge in [-0.2, -0.15) is 0 Å². The molecule has 6 nitrogen and oxygen atoms in total. The molecule has 2 aromatic rings. The van der Waals surface area contributed by atoms with Crippen molar-refractivity contribution >= 4 is 51.9 Å². The van der Waals surface area contributed by atoms with Crippen molar-refractivity contribution in [2.75, 3.05) is 0 Å². The summed E-state index contributed by atoms with van der Waals surface area (Å²) in [6.45, 7) is 1.62. The number of halogens is 2. The van der Waals surface area contributed by atoms with E-state index in [1.165, 1.54) is 24.3 Å². The minimum atomic E-state index is -3.86. The number of sulfonamides is 2. The summed E-state index contributed by atoms with van der Waals surface area (Å²) in [5.74, 6) is 0. The average Bonchev–Trinajstić information content (AvgIpc) is 2.45. The van der Waals surface area contributed by atoms with E-state index in [0.29, 0.717) is 10.0 Å². The van der Waals surface area contributed by atoms with E-state index in [4.69, 9.17) is 5.14 Å². The molecule has 0 aliphatic heterocycles. The zero-order valence-electron chi connectivity index (χ0n) is 12.4. The molecule has 0 bridgehead atoms. The molecule has 0 heterocycles. The molecule has 2 rings (SSSR count). The fraction of sp³-hybridized carbons (Fsp3) is 0.143. The lowest BCUT2D eigenvalue weighted by Crippen LogP contribution is -2.27. The molecular weight excluding hydrogens is 484 g/mol. The number of rotatable bonds is 5. The van der Waals surface area contributed by atoms with Crippen molar-refractivity contribution in [2.24, 2.45) is 5.14 Å². The van der Waals surface area contributed by atoms with Crippen LogP contribution < -0.4 is 9.86 Å². The third kappa shape index (κ3) is 4.64. The fourth-order valence-corrected chi connectivity index (χ4v) is 5.56. The molecule has 0 saturated heterocycles. The Balaban J connectivity index is 2.33. The molecule has 10 heteroatoms. The quantitative estimate of drug-likeness (QED) is 0.662. The van der Waals surface area contributed by atoms with E-state index in [1.807, 2.05) is 0 Å². The number of nitrogens with one attached hydrogen (secondary N) is 1. The van der Waals surface area contributed by atoms with Gasteiger partial charge in [0.15, 0.2) is 0 Å². The Morgan fingerprint density at radius 2 is 1.71 bits per heavy atom. The summed E-state index contributed by atoms with van der Waals surface area (Å²) in [4.78, 5) is 0.0102. The van der Waals surface area contributed by atoms with Crippen molar-refractivity contribution in [2.45, 2.75) is 22.8 Å². The van der Waals surface area contributed by atoms with E-state index in [2.05, 4.69) is 36.6 Å². The van der Waals surface area contributed by atoms with Crippen LogP contribution in [0, 0.1) is 0 Å². The minimum absolute atomic E-state index is 0.0733. The largest absolute Gasteiger partial charge is 0.242 e. The monoisotopic (exact) mass is 496 g/mol. The van der Waals surface area contributed by atoms with E-state index in [9.17, 15) is 16.8 Å². The molecule has 0 saturated carbocycles. The highest BCUT2D eigenvalue weighted by atomic mass is 79.9. The van der Waals surface area contributed by atoms with Crippen LogP contribution >= 0.6 is 31.9 Å². The fourth-order valence-electron chi connectivity index (χ4n) is 2.02. The van der Waals surface area contributed by atoms with Crippen LogP contribution in [0.2, 0.25) is 0 Å². The second-order valence-electron chi connectivity index (χ2n) is 5.04. The maximum absolute atomic E-state index is 12.5. The van der Waals surface area contributed by atoms with Gasteiger partial charge in [-0.25, -0.2) is 26.7 Å². The Morgan fingerprint density at radius 1 is 1.04 bits per heavy atom. The number of hydrogen-bond acceptors (Lipinski definition) is 4. The standard InChI is InChI=1S/C14H14Br2N2O4S2/c1-9(10-3-2-4-12(7-10)23(17,19)20)18-24(21,22)14-6-5-11(15)8-13(14)16/h2-9,18H,1H3,(H2,17,19,20). The van der Waals surface area contributed by atoms with Crippen LogP contribution in [0.1, 0.15) is 18.5 Å². The van der Waals surface area contributed by atoms with Gasteiger partial charge in [0, 0.05) is 15.0 Å². The number of hydrogen-bond donors (Lipinski definition) is 2. The molecule has 0 fully saturated rings. The lowest BCUT2D eigenvalue weighted by Gasteiger charge is -2.16. The molecular formula is C14H14Br2N2O4S2. The summed E-state index contributed by atoms with van der Waals surface area (Å²) in [7, 11) is -7.66. The first-order chi connectivity index (χ1) is 11.0. The van der Waals surface area contributed by atoms with Gasteiger partial charge in [0.25, 0.3) is 0 Å². The van der Waals surface area contributed by atoms with Gasteiger partial charge >= 0.3 is 0 Å². The van der Waals surface area contributed by atoms with E-state index in [-0.39, 0.29) is 9.79 Å². The number of nitrogens with two attached hydrogens (primary N) is 1. The molecule has 2 aromatic carbocycles. The minimum Gasteiger partial charge on any atom is -0.225 e. The predicted molar refractivity (Wildman–Crippen MR) is 98.4 cm³/mol. The zero-order chi connectivity index (χ0) is 18.1. The second kappa shape index (κ2) is 7.22. The van der Waals surface area contributed by atoms with Gasteiger partial charge in [-0.3, -0.25) is 0 Å². The normalized spacial score (nSPS) is 13.7. The summed E-state index contributed by atoms with van der Waals surface area (Å²) < 4.78 is 51.6. The lowest BCUT2D eigenvalue weighted by atomic mass is 10.1. The van der Waals surface area contributed by atoms with E-state index in [1.54, 1.807) is 25.1 Å². The van der Waals surface area contributed by atoms with Gasteiger partial charge in [0.1, 0.15) is 0 Å². The summed E-state index contributed by atoms with van der Waals surface area (Å²) in [5, 5.41) is 5.10. The molecule has 24 heavy (non-hydrogen) atoms. The molecule has 0 aromatic heterocycles. The van der Waals surface area contributed by atoms with Gasteiger partial charge in [0.2, 0.25) is 20.0 Å². The lowest BCUT2D eigenvalue weighted by molar-refractivity contribution is 0.566.